The molecule has 2 heterocycles. The van der Waals surface area contributed by atoms with Gasteiger partial charge in [0.05, 0.1) is 27.2 Å². The van der Waals surface area contributed by atoms with Crippen LogP contribution in [0, 0.1) is 5.92 Å². The van der Waals surface area contributed by atoms with Crippen molar-refractivity contribution < 1.29 is 23.8 Å². The number of rotatable bonds is 8. The first-order valence-corrected chi connectivity index (χ1v) is 10.9. The van der Waals surface area contributed by atoms with Crippen LogP contribution in [0.3, 0.4) is 0 Å². The number of hydrogen-bond donors (Lipinski definition) is 1. The van der Waals surface area contributed by atoms with Crippen LogP contribution in [-0.4, -0.2) is 56.4 Å². The van der Waals surface area contributed by atoms with Crippen LogP contribution in [0.4, 0.5) is 5.69 Å². The molecule has 1 N–H and O–H groups in total. The second-order valence-electron chi connectivity index (χ2n) is 8.38. The highest BCUT2D eigenvalue weighted by atomic mass is 16.5. The zero-order valence-corrected chi connectivity index (χ0v) is 19.2. The fraction of sp³-hybridized carbons (Fsp3) is 0.500. The molecule has 0 amide bonds. The summed E-state index contributed by atoms with van der Waals surface area (Å²) in [6, 6.07) is 9.34. The van der Waals surface area contributed by atoms with E-state index in [9.17, 15) is 14.7 Å². The van der Waals surface area contributed by atoms with Crippen LogP contribution in [0.25, 0.3) is 0 Å². The maximum absolute atomic E-state index is 12.4. The van der Waals surface area contributed by atoms with Crippen molar-refractivity contribution in [1.82, 2.24) is 4.90 Å². The Kier molecular flexibility index (Phi) is 7.80. The van der Waals surface area contributed by atoms with E-state index in [0.717, 1.165) is 37.6 Å². The van der Waals surface area contributed by atoms with Crippen molar-refractivity contribution in [3.63, 3.8) is 0 Å². The molecule has 1 aliphatic heterocycles. The molecule has 0 unspecified atom stereocenters. The number of methoxy groups -OCH3 is 2. The Hall–Kier alpha value is -3.00. The van der Waals surface area contributed by atoms with E-state index in [-0.39, 0.29) is 18.1 Å². The Morgan fingerprint density at radius 2 is 1.78 bits per heavy atom. The van der Waals surface area contributed by atoms with Crippen molar-refractivity contribution in [1.29, 1.82) is 0 Å². The van der Waals surface area contributed by atoms with Crippen LogP contribution in [-0.2, 0) is 16.1 Å². The molecule has 174 valence electrons. The fourth-order valence-corrected chi connectivity index (χ4v) is 3.96. The summed E-state index contributed by atoms with van der Waals surface area (Å²) in [5, 5.41) is 10.3. The molecule has 1 aliphatic rings. The van der Waals surface area contributed by atoms with Crippen molar-refractivity contribution in [2.75, 3.05) is 45.3 Å². The van der Waals surface area contributed by atoms with Gasteiger partial charge in [-0.3, -0.25) is 14.5 Å². The summed E-state index contributed by atoms with van der Waals surface area (Å²) in [6.07, 6.45) is 0.0364. The lowest BCUT2D eigenvalue weighted by Gasteiger charge is -2.36. The molecular formula is C24H32N2O6. The third kappa shape index (κ3) is 5.62. The van der Waals surface area contributed by atoms with E-state index in [0.29, 0.717) is 12.3 Å². The molecule has 0 aliphatic carbocycles. The lowest BCUT2D eigenvalue weighted by atomic mass is 9.89. The van der Waals surface area contributed by atoms with Gasteiger partial charge in [-0.15, -0.1) is 0 Å². The quantitative estimate of drug-likeness (QED) is 0.622. The number of ether oxygens (including phenoxy) is 2. The molecule has 1 aromatic heterocycles. The minimum atomic E-state index is -0.492. The van der Waals surface area contributed by atoms with E-state index in [1.807, 2.05) is 38.1 Å². The number of hydrogen-bond acceptors (Lipinski definition) is 8. The van der Waals surface area contributed by atoms with Gasteiger partial charge >= 0.3 is 5.97 Å². The molecule has 0 spiro atoms. The molecule has 3 rings (SSSR count). The third-order valence-electron chi connectivity index (χ3n) is 5.94. The SMILES string of the molecule is COC(=O)C[C@@H](c1oc(CN2CCN(c3ccc(OC)cc3)CC2)cc(=O)c1O)C(C)C. The monoisotopic (exact) mass is 444 g/mol. The predicted molar refractivity (Wildman–Crippen MR) is 121 cm³/mol. The summed E-state index contributed by atoms with van der Waals surface area (Å²) in [6.45, 7) is 7.60. The van der Waals surface area contributed by atoms with Crippen molar-refractivity contribution >= 4 is 11.7 Å². The lowest BCUT2D eigenvalue weighted by Crippen LogP contribution is -2.46. The zero-order chi connectivity index (χ0) is 23.3. The number of aromatic hydroxyl groups is 1. The Morgan fingerprint density at radius 3 is 2.34 bits per heavy atom. The van der Waals surface area contributed by atoms with Crippen LogP contribution in [0.2, 0.25) is 0 Å². The number of piperazine rings is 1. The van der Waals surface area contributed by atoms with Crippen LogP contribution in [0.15, 0.2) is 39.5 Å². The fourth-order valence-electron chi connectivity index (χ4n) is 3.96. The Labute approximate surface area is 188 Å². The molecule has 1 aromatic carbocycles. The first-order chi connectivity index (χ1) is 15.3. The van der Waals surface area contributed by atoms with E-state index < -0.39 is 23.1 Å². The summed E-state index contributed by atoms with van der Waals surface area (Å²) < 4.78 is 16.0. The van der Waals surface area contributed by atoms with Gasteiger partial charge in [-0.1, -0.05) is 13.8 Å². The molecule has 2 aromatic rings. The van der Waals surface area contributed by atoms with Gasteiger partial charge in [0.1, 0.15) is 11.5 Å². The number of benzene rings is 1. The molecule has 1 fully saturated rings. The second-order valence-corrected chi connectivity index (χ2v) is 8.38. The van der Waals surface area contributed by atoms with Gasteiger partial charge in [0.2, 0.25) is 11.2 Å². The van der Waals surface area contributed by atoms with Crippen molar-refractivity contribution in [3.8, 4) is 11.5 Å². The van der Waals surface area contributed by atoms with Gasteiger partial charge in [0.15, 0.2) is 5.76 Å². The van der Waals surface area contributed by atoms with E-state index in [4.69, 9.17) is 13.9 Å². The highest BCUT2D eigenvalue weighted by Crippen LogP contribution is 2.33. The predicted octanol–water partition coefficient (Wildman–Crippen LogP) is 2.98. The van der Waals surface area contributed by atoms with Crippen molar-refractivity contribution in [2.45, 2.75) is 32.7 Å². The van der Waals surface area contributed by atoms with Crippen molar-refractivity contribution in [2.24, 2.45) is 5.92 Å². The number of nitrogens with zero attached hydrogens (tertiary/aromatic N) is 2. The van der Waals surface area contributed by atoms with Crippen LogP contribution in [0.5, 0.6) is 11.5 Å². The van der Waals surface area contributed by atoms with Crippen molar-refractivity contribution in [3.05, 3.63) is 52.1 Å². The average Bonchev–Trinajstić information content (AvgIpc) is 2.80. The molecule has 8 heteroatoms. The highest BCUT2D eigenvalue weighted by Gasteiger charge is 2.28. The number of carbonyl (C=O) groups excluding carboxylic acids is 1. The van der Waals surface area contributed by atoms with E-state index in [2.05, 4.69) is 9.80 Å². The summed E-state index contributed by atoms with van der Waals surface area (Å²) in [4.78, 5) is 28.8. The van der Waals surface area contributed by atoms with Gasteiger partial charge in [0, 0.05) is 43.9 Å². The first-order valence-electron chi connectivity index (χ1n) is 10.9. The highest BCUT2D eigenvalue weighted by molar-refractivity contribution is 5.70. The number of carbonyl (C=O) groups is 1. The summed E-state index contributed by atoms with van der Waals surface area (Å²) in [7, 11) is 2.97. The lowest BCUT2D eigenvalue weighted by molar-refractivity contribution is -0.141. The van der Waals surface area contributed by atoms with Gasteiger partial charge in [-0.25, -0.2) is 0 Å². The Morgan fingerprint density at radius 1 is 1.12 bits per heavy atom. The Balaban J connectivity index is 1.70. The largest absolute Gasteiger partial charge is 0.502 e. The second kappa shape index (κ2) is 10.5. The maximum atomic E-state index is 12.4. The normalized spacial score (nSPS) is 15.6. The van der Waals surface area contributed by atoms with Crippen LogP contribution >= 0.6 is 0 Å². The topological polar surface area (TPSA) is 92.5 Å². The molecule has 0 bridgehead atoms. The molecule has 1 saturated heterocycles. The molecule has 32 heavy (non-hydrogen) atoms. The van der Waals surface area contributed by atoms with E-state index in [1.165, 1.54) is 13.2 Å². The zero-order valence-electron chi connectivity index (χ0n) is 19.2. The Bertz CT molecular complexity index is 961. The van der Waals surface area contributed by atoms with E-state index >= 15 is 0 Å². The van der Waals surface area contributed by atoms with E-state index in [1.54, 1.807) is 7.11 Å². The van der Waals surface area contributed by atoms with Gasteiger partial charge in [-0.05, 0) is 30.2 Å². The molecule has 0 saturated carbocycles. The molecule has 8 nitrogen and oxygen atoms in total. The smallest absolute Gasteiger partial charge is 0.306 e. The number of esters is 1. The van der Waals surface area contributed by atoms with Crippen LogP contribution < -0.4 is 15.1 Å². The summed E-state index contributed by atoms with van der Waals surface area (Å²) >= 11 is 0. The average molecular weight is 445 g/mol. The molecule has 1 atom stereocenters. The number of anilines is 1. The van der Waals surface area contributed by atoms with Gasteiger partial charge < -0.3 is 23.9 Å². The summed E-state index contributed by atoms with van der Waals surface area (Å²) in [5.74, 6) is 0.165. The first kappa shape index (κ1) is 23.7. The van der Waals surface area contributed by atoms with Crippen LogP contribution in [0.1, 0.15) is 37.7 Å². The molecule has 0 radical (unpaired) electrons. The minimum Gasteiger partial charge on any atom is -0.502 e. The van der Waals surface area contributed by atoms with Gasteiger partial charge in [0.25, 0.3) is 0 Å². The molecular weight excluding hydrogens is 412 g/mol. The summed E-state index contributed by atoms with van der Waals surface area (Å²) in [5.41, 5.74) is 0.653. The minimum absolute atomic E-state index is 0.0218. The van der Waals surface area contributed by atoms with Gasteiger partial charge in [-0.2, -0.15) is 0 Å². The standard InChI is InChI=1S/C24H32N2O6/c1-16(2)20(14-22(28)31-4)24-23(29)21(27)13-19(32-24)15-25-9-11-26(12-10-25)17-5-7-18(30-3)8-6-17/h5-8,13,16,20,29H,9-12,14-15H2,1-4H3/t20-/m1/s1. The third-order valence-corrected chi connectivity index (χ3v) is 5.94. The maximum Gasteiger partial charge on any atom is 0.306 e.